The molecule has 0 saturated carbocycles. The molecule has 0 spiro atoms. The molecule has 0 aliphatic rings. The standard InChI is InChI=1S/C12H12O3/c1-3-15-12(14)7-5-10-8-11(13)6-4-9(10)2/h4,6,8,13H,3H2,1-2H3. The van der Waals surface area contributed by atoms with E-state index in [0.29, 0.717) is 12.2 Å². The largest absolute Gasteiger partial charge is 0.508 e. The predicted octanol–water partition coefficient (Wildman–Crippen LogP) is 1.62. The van der Waals surface area contributed by atoms with Crippen LogP contribution in [-0.4, -0.2) is 17.7 Å². The highest BCUT2D eigenvalue weighted by atomic mass is 16.5. The zero-order valence-electron chi connectivity index (χ0n) is 8.70. The van der Waals surface area contributed by atoms with Crippen LogP contribution in [-0.2, 0) is 9.53 Å². The van der Waals surface area contributed by atoms with E-state index >= 15 is 0 Å². The van der Waals surface area contributed by atoms with E-state index in [1.807, 2.05) is 6.92 Å². The minimum atomic E-state index is -0.555. The number of aryl methyl sites for hydroxylation is 1. The third-order valence-electron chi connectivity index (χ3n) is 1.80. The minimum absolute atomic E-state index is 0.133. The molecule has 0 bridgehead atoms. The molecule has 3 nitrogen and oxygen atoms in total. The van der Waals surface area contributed by atoms with Crippen molar-refractivity contribution in [3.8, 4) is 17.6 Å². The average Bonchev–Trinajstić information content (AvgIpc) is 2.20. The molecule has 0 amide bonds. The van der Waals surface area contributed by atoms with Gasteiger partial charge < -0.3 is 9.84 Å². The maximum atomic E-state index is 11.0. The van der Waals surface area contributed by atoms with Crippen molar-refractivity contribution in [2.45, 2.75) is 13.8 Å². The van der Waals surface area contributed by atoms with Crippen LogP contribution in [0.15, 0.2) is 18.2 Å². The van der Waals surface area contributed by atoms with Crippen molar-refractivity contribution in [2.24, 2.45) is 0 Å². The second-order valence-electron chi connectivity index (χ2n) is 2.97. The van der Waals surface area contributed by atoms with Crippen LogP contribution in [0.1, 0.15) is 18.1 Å². The number of carbonyl (C=O) groups excluding carboxylic acids is 1. The van der Waals surface area contributed by atoms with E-state index in [2.05, 4.69) is 16.6 Å². The molecular formula is C12H12O3. The quantitative estimate of drug-likeness (QED) is 0.558. The molecule has 1 N–H and O–H groups in total. The number of carbonyl (C=O) groups is 1. The predicted molar refractivity (Wildman–Crippen MR) is 56.4 cm³/mol. The van der Waals surface area contributed by atoms with E-state index in [-0.39, 0.29) is 5.75 Å². The second-order valence-corrected chi connectivity index (χ2v) is 2.97. The van der Waals surface area contributed by atoms with Gasteiger partial charge in [-0.1, -0.05) is 12.0 Å². The van der Waals surface area contributed by atoms with E-state index < -0.39 is 5.97 Å². The Hall–Kier alpha value is -1.95. The average molecular weight is 204 g/mol. The number of aromatic hydroxyl groups is 1. The van der Waals surface area contributed by atoms with Gasteiger partial charge in [0.2, 0.25) is 0 Å². The van der Waals surface area contributed by atoms with Gasteiger partial charge in [0, 0.05) is 11.5 Å². The molecule has 0 radical (unpaired) electrons. The molecule has 1 rings (SSSR count). The lowest BCUT2D eigenvalue weighted by atomic mass is 10.1. The Bertz CT molecular complexity index is 424. The Kier molecular flexibility index (Phi) is 3.75. The summed E-state index contributed by atoms with van der Waals surface area (Å²) in [6.45, 7) is 3.89. The van der Waals surface area contributed by atoms with E-state index in [1.165, 1.54) is 6.07 Å². The van der Waals surface area contributed by atoms with Gasteiger partial charge in [0.05, 0.1) is 6.61 Å². The minimum Gasteiger partial charge on any atom is -0.508 e. The van der Waals surface area contributed by atoms with Crippen LogP contribution in [0.2, 0.25) is 0 Å². The molecule has 0 aromatic heterocycles. The first kappa shape index (κ1) is 11.1. The summed E-state index contributed by atoms with van der Waals surface area (Å²) in [6, 6.07) is 4.83. The molecule has 1 aromatic carbocycles. The van der Waals surface area contributed by atoms with Gasteiger partial charge in [-0.25, -0.2) is 4.79 Å². The summed E-state index contributed by atoms with van der Waals surface area (Å²) in [7, 11) is 0. The number of phenols is 1. The van der Waals surface area contributed by atoms with Gasteiger partial charge in [0.15, 0.2) is 0 Å². The molecule has 1 aromatic rings. The van der Waals surface area contributed by atoms with Gasteiger partial charge in [0.25, 0.3) is 0 Å². The fourth-order valence-electron chi connectivity index (χ4n) is 1.03. The number of phenolic OH excluding ortho intramolecular Hbond substituents is 1. The maximum Gasteiger partial charge on any atom is 0.384 e. The monoisotopic (exact) mass is 204 g/mol. The zero-order chi connectivity index (χ0) is 11.3. The van der Waals surface area contributed by atoms with Crippen molar-refractivity contribution >= 4 is 5.97 Å². The van der Waals surface area contributed by atoms with Gasteiger partial charge in [-0.05, 0) is 31.5 Å². The molecule has 15 heavy (non-hydrogen) atoms. The van der Waals surface area contributed by atoms with Crippen LogP contribution >= 0.6 is 0 Å². The Labute approximate surface area is 88.7 Å². The molecule has 0 aliphatic heterocycles. The fourth-order valence-corrected chi connectivity index (χ4v) is 1.03. The number of hydrogen-bond acceptors (Lipinski definition) is 3. The van der Waals surface area contributed by atoms with Crippen molar-refractivity contribution in [3.05, 3.63) is 29.3 Å². The van der Waals surface area contributed by atoms with Crippen LogP contribution in [0, 0.1) is 18.8 Å². The van der Waals surface area contributed by atoms with Crippen molar-refractivity contribution in [2.75, 3.05) is 6.61 Å². The Balaban J connectivity index is 2.88. The van der Waals surface area contributed by atoms with Gasteiger partial charge in [0.1, 0.15) is 5.75 Å². The van der Waals surface area contributed by atoms with E-state index in [1.54, 1.807) is 19.1 Å². The van der Waals surface area contributed by atoms with Crippen LogP contribution in [0.5, 0.6) is 5.75 Å². The van der Waals surface area contributed by atoms with Crippen LogP contribution in [0.3, 0.4) is 0 Å². The summed E-state index contributed by atoms with van der Waals surface area (Å²) in [4.78, 5) is 11.0. The summed E-state index contributed by atoms with van der Waals surface area (Å²) in [5, 5.41) is 9.22. The fraction of sp³-hybridized carbons (Fsp3) is 0.250. The van der Waals surface area contributed by atoms with Gasteiger partial charge in [-0.2, -0.15) is 0 Å². The lowest BCUT2D eigenvalue weighted by Gasteiger charge is -1.98. The van der Waals surface area contributed by atoms with E-state index in [9.17, 15) is 9.90 Å². The SMILES string of the molecule is CCOC(=O)C#Cc1cc(O)ccc1C. The maximum absolute atomic E-state index is 11.0. The number of benzene rings is 1. The van der Waals surface area contributed by atoms with Crippen molar-refractivity contribution in [1.82, 2.24) is 0 Å². The molecule has 0 aliphatic carbocycles. The van der Waals surface area contributed by atoms with E-state index in [4.69, 9.17) is 0 Å². The summed E-state index contributed by atoms with van der Waals surface area (Å²) in [5.74, 6) is 4.58. The summed E-state index contributed by atoms with van der Waals surface area (Å²) >= 11 is 0. The molecule has 3 heteroatoms. The number of ether oxygens (including phenoxy) is 1. The van der Waals surface area contributed by atoms with Crippen LogP contribution < -0.4 is 0 Å². The number of esters is 1. The Morgan fingerprint density at radius 2 is 2.27 bits per heavy atom. The zero-order valence-corrected chi connectivity index (χ0v) is 8.70. The number of hydrogen-bond donors (Lipinski definition) is 1. The van der Waals surface area contributed by atoms with Crippen molar-refractivity contribution in [3.63, 3.8) is 0 Å². The first-order chi connectivity index (χ1) is 7.13. The third kappa shape index (κ3) is 3.35. The van der Waals surface area contributed by atoms with E-state index in [0.717, 1.165) is 5.56 Å². The van der Waals surface area contributed by atoms with Crippen molar-refractivity contribution in [1.29, 1.82) is 0 Å². The lowest BCUT2D eigenvalue weighted by Crippen LogP contribution is -1.99. The Morgan fingerprint density at radius 1 is 1.53 bits per heavy atom. The van der Waals surface area contributed by atoms with Crippen molar-refractivity contribution < 1.29 is 14.6 Å². The summed E-state index contributed by atoms with van der Waals surface area (Å²) in [5.41, 5.74) is 1.53. The Morgan fingerprint density at radius 3 is 2.93 bits per heavy atom. The first-order valence-electron chi connectivity index (χ1n) is 4.62. The molecule has 0 heterocycles. The lowest BCUT2D eigenvalue weighted by molar-refractivity contribution is -0.136. The normalized spacial score (nSPS) is 8.93. The second kappa shape index (κ2) is 5.06. The van der Waals surface area contributed by atoms with Gasteiger partial charge in [-0.3, -0.25) is 0 Å². The smallest absolute Gasteiger partial charge is 0.384 e. The molecular weight excluding hydrogens is 192 g/mol. The highest BCUT2D eigenvalue weighted by Gasteiger charge is 1.97. The van der Waals surface area contributed by atoms with Gasteiger partial charge in [-0.15, -0.1) is 0 Å². The number of rotatable bonds is 1. The third-order valence-corrected chi connectivity index (χ3v) is 1.80. The summed E-state index contributed by atoms with van der Waals surface area (Å²) in [6.07, 6.45) is 0. The summed E-state index contributed by atoms with van der Waals surface area (Å²) < 4.78 is 4.66. The highest BCUT2D eigenvalue weighted by Crippen LogP contribution is 2.14. The van der Waals surface area contributed by atoms with Crippen LogP contribution in [0.4, 0.5) is 0 Å². The topological polar surface area (TPSA) is 46.5 Å². The van der Waals surface area contributed by atoms with Crippen LogP contribution in [0.25, 0.3) is 0 Å². The molecule has 0 unspecified atom stereocenters. The highest BCUT2D eigenvalue weighted by molar-refractivity contribution is 5.89. The molecule has 0 fully saturated rings. The molecule has 0 atom stereocenters. The first-order valence-corrected chi connectivity index (χ1v) is 4.62. The van der Waals surface area contributed by atoms with Gasteiger partial charge >= 0.3 is 5.97 Å². The molecule has 78 valence electrons. The molecule has 0 saturated heterocycles.